The first-order valence-corrected chi connectivity index (χ1v) is 11.4. The lowest BCUT2D eigenvalue weighted by atomic mass is 10.4. The largest absolute Gasteiger partial charge is 0.353 e. The molecule has 1 N–H and O–H groups in total. The second kappa shape index (κ2) is 7.99. The van der Waals surface area contributed by atoms with E-state index in [1.807, 2.05) is 17.5 Å². The number of amides is 1. The van der Waals surface area contributed by atoms with Crippen LogP contribution in [0, 0.1) is 0 Å². The van der Waals surface area contributed by atoms with Gasteiger partial charge in [0.1, 0.15) is 6.54 Å². The summed E-state index contributed by atoms with van der Waals surface area (Å²) in [5, 5.41) is 9.20. The number of rotatable bonds is 7. The van der Waals surface area contributed by atoms with E-state index in [1.54, 1.807) is 4.57 Å². The summed E-state index contributed by atoms with van der Waals surface area (Å²) in [6.07, 6.45) is 3.29. The van der Waals surface area contributed by atoms with Gasteiger partial charge in [-0.3, -0.25) is 23.3 Å². The Bertz CT molecular complexity index is 1530. The molecule has 5 rings (SSSR count). The summed E-state index contributed by atoms with van der Waals surface area (Å²) in [5.41, 5.74) is -0.791. The topological polar surface area (TPSA) is 131 Å². The zero-order valence-electron chi connectivity index (χ0n) is 18.1. The van der Waals surface area contributed by atoms with Crippen LogP contribution in [0.3, 0.4) is 0 Å². The summed E-state index contributed by atoms with van der Waals surface area (Å²) >= 11 is 1.53. The number of hydrogen-bond acceptors (Lipinski definition) is 7. The zero-order chi connectivity index (χ0) is 23.3. The Labute approximate surface area is 190 Å². The first-order valence-electron chi connectivity index (χ1n) is 10.5. The Morgan fingerprint density at radius 1 is 1.18 bits per heavy atom. The highest BCUT2D eigenvalue weighted by atomic mass is 32.1. The van der Waals surface area contributed by atoms with Crippen LogP contribution in [0.5, 0.6) is 0 Å². The molecule has 172 valence electrons. The molecule has 0 unspecified atom stereocenters. The molecule has 0 atom stereocenters. The van der Waals surface area contributed by atoms with Gasteiger partial charge in [-0.2, -0.15) is 0 Å². The highest BCUT2D eigenvalue weighted by Crippen LogP contribution is 2.37. The van der Waals surface area contributed by atoms with Crippen molar-refractivity contribution in [1.82, 2.24) is 38.3 Å². The fraction of sp³-hybridized carbons (Fsp3) is 0.400. The third-order valence-corrected chi connectivity index (χ3v) is 6.57. The van der Waals surface area contributed by atoms with Gasteiger partial charge in [-0.05, 0) is 24.3 Å². The predicted molar refractivity (Wildman–Crippen MR) is 121 cm³/mol. The number of aromatic nitrogens is 7. The molecule has 0 radical (unpaired) electrons. The fourth-order valence-electron chi connectivity index (χ4n) is 3.83. The molecular formula is C20H22N8O4S. The van der Waals surface area contributed by atoms with Crippen LogP contribution in [0.1, 0.15) is 18.9 Å². The average Bonchev–Trinajstić information content (AvgIpc) is 3.19. The second-order valence-electron chi connectivity index (χ2n) is 8.01. The minimum atomic E-state index is -0.517. The molecule has 13 heteroatoms. The Morgan fingerprint density at radius 3 is 2.67 bits per heavy atom. The zero-order valence-corrected chi connectivity index (χ0v) is 18.9. The van der Waals surface area contributed by atoms with Crippen molar-refractivity contribution in [2.24, 2.45) is 14.1 Å². The van der Waals surface area contributed by atoms with Gasteiger partial charge in [-0.1, -0.05) is 6.07 Å². The van der Waals surface area contributed by atoms with Crippen LogP contribution >= 0.6 is 11.3 Å². The maximum absolute atomic E-state index is 12.9. The SMILES string of the molecule is Cn1c(=O)c2c(ncn2CC(=O)NCCn2nc(-c3cccs3)n(C3CC3)c2=O)n(C)c1=O. The van der Waals surface area contributed by atoms with Crippen molar-refractivity contribution >= 4 is 28.4 Å². The number of thiophene rings is 1. The molecule has 4 aromatic heterocycles. The molecule has 0 aliphatic heterocycles. The van der Waals surface area contributed by atoms with Crippen molar-refractivity contribution in [3.63, 3.8) is 0 Å². The van der Waals surface area contributed by atoms with Gasteiger partial charge in [0.15, 0.2) is 17.0 Å². The quantitative estimate of drug-likeness (QED) is 0.394. The molecule has 4 aromatic rings. The van der Waals surface area contributed by atoms with Crippen molar-refractivity contribution in [1.29, 1.82) is 0 Å². The number of nitrogens with zero attached hydrogens (tertiary/aromatic N) is 7. The highest BCUT2D eigenvalue weighted by Gasteiger charge is 2.30. The van der Waals surface area contributed by atoms with Gasteiger partial charge < -0.3 is 9.88 Å². The summed E-state index contributed by atoms with van der Waals surface area (Å²) in [6.45, 7) is 0.285. The number of imidazole rings is 1. The predicted octanol–water partition coefficient (Wildman–Crippen LogP) is -0.328. The van der Waals surface area contributed by atoms with Crippen molar-refractivity contribution in [2.45, 2.75) is 32.0 Å². The third kappa shape index (κ3) is 3.63. The van der Waals surface area contributed by atoms with E-state index in [0.29, 0.717) is 5.82 Å². The van der Waals surface area contributed by atoms with Gasteiger partial charge in [0.05, 0.1) is 17.7 Å². The molecule has 0 aromatic carbocycles. The van der Waals surface area contributed by atoms with Crippen molar-refractivity contribution in [2.75, 3.05) is 6.54 Å². The summed E-state index contributed by atoms with van der Waals surface area (Å²) in [6, 6.07) is 4.05. The maximum atomic E-state index is 12.9. The first-order chi connectivity index (χ1) is 15.9. The second-order valence-corrected chi connectivity index (χ2v) is 8.96. The maximum Gasteiger partial charge on any atom is 0.346 e. The lowest BCUT2D eigenvalue weighted by molar-refractivity contribution is -0.121. The molecule has 1 saturated carbocycles. The fourth-order valence-corrected chi connectivity index (χ4v) is 4.54. The number of carbonyl (C=O) groups is 1. The average molecular weight is 471 g/mol. The molecule has 1 fully saturated rings. The molecule has 4 heterocycles. The van der Waals surface area contributed by atoms with E-state index in [0.717, 1.165) is 22.3 Å². The number of fused-ring (bicyclic) bond motifs is 1. The minimum Gasteiger partial charge on any atom is -0.353 e. The molecule has 0 bridgehead atoms. The number of nitrogens with one attached hydrogen (secondary N) is 1. The van der Waals surface area contributed by atoms with Crippen LogP contribution in [0.25, 0.3) is 21.9 Å². The van der Waals surface area contributed by atoms with E-state index in [1.165, 1.54) is 45.6 Å². The van der Waals surface area contributed by atoms with Crippen molar-refractivity contribution < 1.29 is 4.79 Å². The molecule has 12 nitrogen and oxygen atoms in total. The number of aryl methyl sites for hydroxylation is 1. The van der Waals surface area contributed by atoms with Gasteiger partial charge in [0.25, 0.3) is 5.56 Å². The normalized spacial score (nSPS) is 13.6. The van der Waals surface area contributed by atoms with Gasteiger partial charge in [0, 0.05) is 26.7 Å². The highest BCUT2D eigenvalue weighted by molar-refractivity contribution is 7.13. The standard InChI is InChI=1S/C20H22N8O4S/c1-24-17-15(18(30)25(2)19(24)31)26(11-22-17)10-14(29)21-7-8-27-20(32)28(12-5-6-12)16(23-27)13-4-3-9-33-13/h3-4,9,11-12H,5-8,10H2,1-2H3,(H,21,29). The van der Waals surface area contributed by atoms with Crippen LogP contribution in [0.2, 0.25) is 0 Å². The Morgan fingerprint density at radius 2 is 1.97 bits per heavy atom. The van der Waals surface area contributed by atoms with Crippen LogP contribution in [0.15, 0.2) is 38.2 Å². The van der Waals surface area contributed by atoms with E-state index in [4.69, 9.17) is 0 Å². The molecule has 1 aliphatic rings. The van der Waals surface area contributed by atoms with Gasteiger partial charge >= 0.3 is 11.4 Å². The molecule has 0 spiro atoms. The Balaban J connectivity index is 1.30. The van der Waals surface area contributed by atoms with Crippen molar-refractivity contribution in [3.05, 3.63) is 55.2 Å². The van der Waals surface area contributed by atoms with E-state index in [9.17, 15) is 19.2 Å². The monoisotopic (exact) mass is 470 g/mol. The Hall–Kier alpha value is -3.74. The lowest BCUT2D eigenvalue weighted by Gasteiger charge is -2.07. The molecule has 1 amide bonds. The van der Waals surface area contributed by atoms with Gasteiger partial charge in [-0.15, -0.1) is 16.4 Å². The van der Waals surface area contributed by atoms with Crippen LogP contribution in [-0.2, 0) is 32.0 Å². The van der Waals surface area contributed by atoms with E-state index < -0.39 is 11.2 Å². The van der Waals surface area contributed by atoms with E-state index >= 15 is 0 Å². The summed E-state index contributed by atoms with van der Waals surface area (Å²) in [4.78, 5) is 55.0. The minimum absolute atomic E-state index is 0.143. The summed E-state index contributed by atoms with van der Waals surface area (Å²) in [7, 11) is 2.90. The van der Waals surface area contributed by atoms with Crippen molar-refractivity contribution in [3.8, 4) is 10.7 Å². The third-order valence-electron chi connectivity index (χ3n) is 5.70. The van der Waals surface area contributed by atoms with Gasteiger partial charge in [-0.25, -0.2) is 19.3 Å². The number of hydrogen-bond donors (Lipinski definition) is 1. The van der Waals surface area contributed by atoms with Crippen LogP contribution < -0.4 is 22.3 Å². The number of carbonyl (C=O) groups excluding carboxylic acids is 1. The molecule has 1 aliphatic carbocycles. The first kappa shape index (κ1) is 21.1. The van der Waals surface area contributed by atoms with E-state index in [-0.39, 0.29) is 48.4 Å². The molecule has 0 saturated heterocycles. The van der Waals surface area contributed by atoms with Crippen LogP contribution in [0.4, 0.5) is 0 Å². The molecule has 33 heavy (non-hydrogen) atoms. The summed E-state index contributed by atoms with van der Waals surface area (Å²) < 4.78 is 6.78. The van der Waals surface area contributed by atoms with Crippen LogP contribution in [-0.4, -0.2) is 45.5 Å². The smallest absolute Gasteiger partial charge is 0.346 e. The van der Waals surface area contributed by atoms with Gasteiger partial charge in [0.2, 0.25) is 5.91 Å². The summed E-state index contributed by atoms with van der Waals surface area (Å²) in [5.74, 6) is 0.313. The molecular weight excluding hydrogens is 448 g/mol. The lowest BCUT2D eigenvalue weighted by Crippen LogP contribution is -2.38. The Kier molecular flexibility index (Phi) is 5.12. The van der Waals surface area contributed by atoms with E-state index in [2.05, 4.69) is 15.4 Å².